The van der Waals surface area contributed by atoms with Gasteiger partial charge < -0.3 is 14.4 Å². The van der Waals surface area contributed by atoms with Crippen molar-refractivity contribution in [3.8, 4) is 5.75 Å². The molecule has 0 aromatic heterocycles. The largest absolute Gasteiger partial charge is 0.492 e. The highest BCUT2D eigenvalue weighted by molar-refractivity contribution is 6.30. The van der Waals surface area contributed by atoms with Crippen LogP contribution in [-0.2, 0) is 11.3 Å². The zero-order chi connectivity index (χ0) is 16.7. The lowest BCUT2D eigenvalue weighted by molar-refractivity contribution is 0.0773. The SMILES string of the molecule is COCc1cccc(C(=O)N(C)CCOc2cccc(Cl)c2)c1. The summed E-state index contributed by atoms with van der Waals surface area (Å²) in [5.74, 6) is 0.651. The van der Waals surface area contributed by atoms with Gasteiger partial charge in [-0.05, 0) is 35.9 Å². The Balaban J connectivity index is 1.88. The van der Waals surface area contributed by atoms with Gasteiger partial charge in [0.1, 0.15) is 12.4 Å². The van der Waals surface area contributed by atoms with Crippen molar-refractivity contribution in [2.24, 2.45) is 0 Å². The van der Waals surface area contributed by atoms with Crippen molar-refractivity contribution in [1.82, 2.24) is 4.90 Å². The van der Waals surface area contributed by atoms with E-state index in [1.54, 1.807) is 37.3 Å². The Morgan fingerprint density at radius 1 is 1.17 bits per heavy atom. The van der Waals surface area contributed by atoms with Crippen LogP contribution in [-0.4, -0.2) is 38.1 Å². The second kappa shape index (κ2) is 8.56. The van der Waals surface area contributed by atoms with Gasteiger partial charge in [-0.25, -0.2) is 0 Å². The molecule has 0 bridgehead atoms. The van der Waals surface area contributed by atoms with Gasteiger partial charge in [0.05, 0.1) is 13.2 Å². The smallest absolute Gasteiger partial charge is 0.253 e. The van der Waals surface area contributed by atoms with Crippen molar-refractivity contribution in [2.45, 2.75) is 6.61 Å². The molecule has 122 valence electrons. The summed E-state index contributed by atoms with van der Waals surface area (Å²) in [7, 11) is 3.39. The Hall–Kier alpha value is -2.04. The van der Waals surface area contributed by atoms with E-state index in [-0.39, 0.29) is 5.91 Å². The van der Waals surface area contributed by atoms with Crippen molar-refractivity contribution in [3.05, 3.63) is 64.7 Å². The predicted octanol–water partition coefficient (Wildman–Crippen LogP) is 3.64. The molecule has 0 aliphatic heterocycles. The van der Waals surface area contributed by atoms with Gasteiger partial charge in [-0.3, -0.25) is 4.79 Å². The fraction of sp³-hybridized carbons (Fsp3) is 0.278. The molecule has 2 rings (SSSR count). The van der Waals surface area contributed by atoms with Crippen LogP contribution in [0.2, 0.25) is 5.02 Å². The van der Waals surface area contributed by atoms with E-state index < -0.39 is 0 Å². The van der Waals surface area contributed by atoms with E-state index in [1.807, 2.05) is 30.3 Å². The topological polar surface area (TPSA) is 38.8 Å². The van der Waals surface area contributed by atoms with Gasteiger partial charge >= 0.3 is 0 Å². The highest BCUT2D eigenvalue weighted by Crippen LogP contribution is 2.17. The van der Waals surface area contributed by atoms with E-state index in [2.05, 4.69) is 0 Å². The number of hydrogen-bond acceptors (Lipinski definition) is 3. The molecule has 5 heteroatoms. The van der Waals surface area contributed by atoms with Gasteiger partial charge in [0.25, 0.3) is 5.91 Å². The molecule has 2 aromatic rings. The molecular weight excluding hydrogens is 314 g/mol. The van der Waals surface area contributed by atoms with Crippen LogP contribution in [0.3, 0.4) is 0 Å². The van der Waals surface area contributed by atoms with Crippen molar-refractivity contribution in [3.63, 3.8) is 0 Å². The molecule has 0 saturated carbocycles. The van der Waals surface area contributed by atoms with Gasteiger partial charge in [0.15, 0.2) is 0 Å². The number of methoxy groups -OCH3 is 1. The third kappa shape index (κ3) is 5.27. The van der Waals surface area contributed by atoms with Gasteiger partial charge in [-0.15, -0.1) is 0 Å². The van der Waals surface area contributed by atoms with Crippen LogP contribution in [0, 0.1) is 0 Å². The fourth-order valence-electron chi connectivity index (χ4n) is 2.14. The summed E-state index contributed by atoms with van der Waals surface area (Å²) in [6, 6.07) is 14.6. The maximum Gasteiger partial charge on any atom is 0.253 e. The van der Waals surface area contributed by atoms with Gasteiger partial charge in [0, 0.05) is 24.7 Å². The third-order valence-electron chi connectivity index (χ3n) is 3.32. The molecule has 0 unspecified atom stereocenters. The van der Waals surface area contributed by atoms with Gasteiger partial charge in [0.2, 0.25) is 0 Å². The number of carbonyl (C=O) groups excluding carboxylic acids is 1. The standard InChI is InChI=1S/C18H20ClNO3/c1-20(9-10-23-17-8-4-7-16(19)12-17)18(21)15-6-3-5-14(11-15)13-22-2/h3-8,11-12H,9-10,13H2,1-2H3. The van der Waals surface area contributed by atoms with Gasteiger partial charge in [-0.1, -0.05) is 29.8 Å². The first-order valence-electron chi connectivity index (χ1n) is 7.32. The second-order valence-electron chi connectivity index (χ2n) is 5.17. The minimum Gasteiger partial charge on any atom is -0.492 e. The number of nitrogens with zero attached hydrogens (tertiary/aromatic N) is 1. The lowest BCUT2D eigenvalue weighted by Gasteiger charge is -2.18. The summed E-state index contributed by atoms with van der Waals surface area (Å²) < 4.78 is 10.7. The van der Waals surface area contributed by atoms with E-state index in [0.717, 1.165) is 5.56 Å². The summed E-state index contributed by atoms with van der Waals surface area (Å²) in [6.45, 7) is 1.38. The average molecular weight is 334 g/mol. The van der Waals surface area contributed by atoms with Crippen LogP contribution < -0.4 is 4.74 Å². The number of ether oxygens (including phenoxy) is 2. The van der Waals surface area contributed by atoms with Crippen molar-refractivity contribution < 1.29 is 14.3 Å². The number of rotatable bonds is 7. The Labute approximate surface area is 141 Å². The normalized spacial score (nSPS) is 10.4. The van der Waals surface area contributed by atoms with E-state index in [9.17, 15) is 4.79 Å². The van der Waals surface area contributed by atoms with Crippen LogP contribution in [0.15, 0.2) is 48.5 Å². The maximum absolute atomic E-state index is 12.4. The van der Waals surface area contributed by atoms with Crippen molar-refractivity contribution in [2.75, 3.05) is 27.3 Å². The Morgan fingerprint density at radius 3 is 2.70 bits per heavy atom. The first-order valence-corrected chi connectivity index (χ1v) is 7.69. The molecule has 0 atom stereocenters. The zero-order valence-corrected chi connectivity index (χ0v) is 14.0. The number of likely N-dealkylation sites (N-methyl/N-ethyl adjacent to an activating group) is 1. The number of amides is 1. The molecule has 23 heavy (non-hydrogen) atoms. The average Bonchev–Trinajstić information content (AvgIpc) is 2.55. The molecule has 0 radical (unpaired) electrons. The van der Waals surface area contributed by atoms with E-state index in [0.29, 0.717) is 36.1 Å². The number of benzene rings is 2. The number of halogens is 1. The number of hydrogen-bond donors (Lipinski definition) is 0. The molecule has 4 nitrogen and oxygen atoms in total. The summed E-state index contributed by atoms with van der Waals surface area (Å²) in [4.78, 5) is 14.0. The molecule has 0 heterocycles. The molecule has 0 aliphatic carbocycles. The number of carbonyl (C=O) groups is 1. The second-order valence-corrected chi connectivity index (χ2v) is 5.60. The monoisotopic (exact) mass is 333 g/mol. The predicted molar refractivity (Wildman–Crippen MR) is 91.1 cm³/mol. The molecule has 0 N–H and O–H groups in total. The van der Waals surface area contributed by atoms with Gasteiger partial charge in [-0.2, -0.15) is 0 Å². The van der Waals surface area contributed by atoms with Crippen molar-refractivity contribution >= 4 is 17.5 Å². The minimum atomic E-state index is -0.0438. The Kier molecular flexibility index (Phi) is 6.44. The van der Waals surface area contributed by atoms with E-state index in [1.165, 1.54) is 0 Å². The first kappa shape index (κ1) is 17.3. The molecule has 2 aromatic carbocycles. The third-order valence-corrected chi connectivity index (χ3v) is 3.56. The zero-order valence-electron chi connectivity index (χ0n) is 13.3. The molecule has 0 saturated heterocycles. The van der Waals surface area contributed by atoms with Crippen LogP contribution in [0.25, 0.3) is 0 Å². The highest BCUT2D eigenvalue weighted by atomic mass is 35.5. The van der Waals surface area contributed by atoms with E-state index >= 15 is 0 Å². The molecule has 0 spiro atoms. The lowest BCUT2D eigenvalue weighted by Crippen LogP contribution is -2.30. The summed E-state index contributed by atoms with van der Waals surface area (Å²) in [5.41, 5.74) is 1.62. The van der Waals surface area contributed by atoms with E-state index in [4.69, 9.17) is 21.1 Å². The molecular formula is C18H20ClNO3. The molecule has 1 amide bonds. The van der Waals surface area contributed by atoms with Crippen LogP contribution >= 0.6 is 11.6 Å². The molecule has 0 fully saturated rings. The summed E-state index contributed by atoms with van der Waals surface area (Å²) in [5, 5.41) is 0.627. The van der Waals surface area contributed by atoms with Crippen LogP contribution in [0.5, 0.6) is 5.75 Å². The maximum atomic E-state index is 12.4. The quantitative estimate of drug-likeness (QED) is 0.776. The van der Waals surface area contributed by atoms with Crippen LogP contribution in [0.4, 0.5) is 0 Å². The highest BCUT2D eigenvalue weighted by Gasteiger charge is 2.12. The Morgan fingerprint density at radius 2 is 1.96 bits per heavy atom. The van der Waals surface area contributed by atoms with Crippen LogP contribution in [0.1, 0.15) is 15.9 Å². The fourth-order valence-corrected chi connectivity index (χ4v) is 2.32. The molecule has 0 aliphatic rings. The first-order chi connectivity index (χ1) is 11.1. The summed E-state index contributed by atoms with van der Waals surface area (Å²) >= 11 is 5.90. The van der Waals surface area contributed by atoms with Crippen molar-refractivity contribution in [1.29, 1.82) is 0 Å². The minimum absolute atomic E-state index is 0.0438. The Bertz CT molecular complexity index is 660. The lowest BCUT2D eigenvalue weighted by atomic mass is 10.1. The summed E-state index contributed by atoms with van der Waals surface area (Å²) in [6.07, 6.45) is 0.